The highest BCUT2D eigenvalue weighted by molar-refractivity contribution is 6.03. The van der Waals surface area contributed by atoms with Crippen molar-refractivity contribution in [3.05, 3.63) is 156 Å². The van der Waals surface area contributed by atoms with E-state index in [1.807, 2.05) is 0 Å². The largest absolute Gasteiger partial charge is 0.347 e. The summed E-state index contributed by atoms with van der Waals surface area (Å²) >= 11 is 0. The summed E-state index contributed by atoms with van der Waals surface area (Å²) in [5, 5.41) is 0. The summed E-state index contributed by atoms with van der Waals surface area (Å²) in [6.45, 7) is 7.03. The first-order chi connectivity index (χ1) is 19.9. The van der Waals surface area contributed by atoms with Gasteiger partial charge in [0.15, 0.2) is 5.71 Å². The van der Waals surface area contributed by atoms with Gasteiger partial charge in [-0.2, -0.15) is 4.58 Å². The Labute approximate surface area is 247 Å². The Kier molecular flexibility index (Phi) is 8.40. The molecule has 0 saturated heterocycles. The molecule has 2 heterocycles. The molecule has 3 aromatic rings. The van der Waals surface area contributed by atoms with Crippen molar-refractivity contribution in [3.8, 4) is 0 Å². The molecule has 2 unspecified atom stereocenters. The second-order valence-electron chi connectivity index (χ2n) is 11.7. The predicted molar refractivity (Wildman–Crippen MR) is 177 cm³/mol. The van der Waals surface area contributed by atoms with Gasteiger partial charge in [0.1, 0.15) is 7.05 Å². The average Bonchev–Trinajstić information content (AvgIpc) is 3.32. The standard InChI is InChI=1S/C39H43N2/c1-6-29-38(2)32-23-17-19-25-34(32)40(4)36(38)27-15-10-8-7-9-11-16-28-37-39(3,30-31-21-13-12-14-22-31)33-24-18-20-26-35(33)41(37)5/h7-28H,6,29-30H2,1-5H3/q+1. The molecule has 0 aromatic heterocycles. The highest BCUT2D eigenvalue weighted by atomic mass is 15.2. The van der Waals surface area contributed by atoms with Gasteiger partial charge >= 0.3 is 0 Å². The smallest absolute Gasteiger partial charge is 0.209 e. The fourth-order valence-corrected chi connectivity index (χ4v) is 6.90. The Balaban J connectivity index is 1.27. The molecule has 0 aliphatic carbocycles. The first-order valence-corrected chi connectivity index (χ1v) is 14.9. The van der Waals surface area contributed by atoms with Crippen LogP contribution < -0.4 is 4.90 Å². The van der Waals surface area contributed by atoms with Crippen LogP contribution in [0.1, 0.15) is 50.3 Å². The maximum atomic E-state index is 2.38. The molecular weight excluding hydrogens is 496 g/mol. The summed E-state index contributed by atoms with van der Waals surface area (Å²) in [6.07, 6.45) is 22.7. The van der Waals surface area contributed by atoms with Crippen LogP contribution in [-0.4, -0.2) is 24.4 Å². The third-order valence-electron chi connectivity index (χ3n) is 8.90. The second-order valence-corrected chi connectivity index (χ2v) is 11.7. The topological polar surface area (TPSA) is 6.25 Å². The summed E-state index contributed by atoms with van der Waals surface area (Å²) in [6, 6.07) is 28.4. The van der Waals surface area contributed by atoms with Gasteiger partial charge in [0.2, 0.25) is 5.69 Å². The molecule has 0 N–H and O–H groups in total. The number of para-hydroxylation sites is 2. The van der Waals surface area contributed by atoms with Crippen molar-refractivity contribution in [2.45, 2.75) is 50.9 Å². The molecule has 0 amide bonds. The number of hydrogen-bond acceptors (Lipinski definition) is 1. The first kappa shape index (κ1) is 28.4. The van der Waals surface area contributed by atoms with Crippen molar-refractivity contribution in [3.63, 3.8) is 0 Å². The highest BCUT2D eigenvalue weighted by Crippen LogP contribution is 2.49. The quantitative estimate of drug-likeness (QED) is 0.194. The van der Waals surface area contributed by atoms with Gasteiger partial charge < -0.3 is 4.90 Å². The molecular formula is C39H43N2+. The fourth-order valence-electron chi connectivity index (χ4n) is 6.90. The van der Waals surface area contributed by atoms with Crippen LogP contribution in [0.5, 0.6) is 0 Å². The van der Waals surface area contributed by atoms with E-state index in [9.17, 15) is 0 Å². The van der Waals surface area contributed by atoms with Gasteiger partial charge in [-0.3, -0.25) is 0 Å². The van der Waals surface area contributed by atoms with Gasteiger partial charge in [-0.25, -0.2) is 0 Å². The van der Waals surface area contributed by atoms with Crippen molar-refractivity contribution in [1.29, 1.82) is 0 Å². The van der Waals surface area contributed by atoms with Gasteiger partial charge in [-0.05, 0) is 50.0 Å². The van der Waals surface area contributed by atoms with Crippen LogP contribution in [0.3, 0.4) is 0 Å². The molecule has 208 valence electrons. The molecule has 2 heteroatoms. The molecule has 41 heavy (non-hydrogen) atoms. The zero-order chi connectivity index (χ0) is 28.9. The average molecular weight is 540 g/mol. The lowest BCUT2D eigenvalue weighted by Crippen LogP contribution is -2.33. The summed E-state index contributed by atoms with van der Waals surface area (Å²) in [4.78, 5) is 2.35. The number of allylic oxidation sites excluding steroid dienone is 10. The number of benzene rings is 3. The normalized spacial score (nSPS) is 23.2. The Morgan fingerprint density at radius 1 is 0.707 bits per heavy atom. The predicted octanol–water partition coefficient (Wildman–Crippen LogP) is 9.23. The van der Waals surface area contributed by atoms with E-state index < -0.39 is 0 Å². The first-order valence-electron chi connectivity index (χ1n) is 14.9. The van der Waals surface area contributed by atoms with Crippen LogP contribution in [0.15, 0.2) is 139 Å². The van der Waals surface area contributed by atoms with Crippen molar-refractivity contribution >= 4 is 17.1 Å². The van der Waals surface area contributed by atoms with Gasteiger partial charge in [0.25, 0.3) is 0 Å². The minimum atomic E-state index is -0.0809. The van der Waals surface area contributed by atoms with Crippen molar-refractivity contribution in [1.82, 2.24) is 0 Å². The van der Waals surface area contributed by atoms with E-state index in [0.29, 0.717) is 0 Å². The van der Waals surface area contributed by atoms with Crippen LogP contribution in [0.2, 0.25) is 0 Å². The lowest BCUT2D eigenvalue weighted by atomic mass is 9.74. The SMILES string of the molecule is CCCC1(C)\C(=C/C=C/C=C/C=C/C=C/C2=[N+](C)c3ccccc3C2(C)Cc2ccccc2)N(C)c2ccccc21. The highest BCUT2D eigenvalue weighted by Gasteiger charge is 2.46. The maximum Gasteiger partial charge on any atom is 0.209 e. The Bertz CT molecular complexity index is 1570. The Morgan fingerprint density at radius 2 is 1.32 bits per heavy atom. The molecule has 5 rings (SSSR count). The minimum Gasteiger partial charge on any atom is -0.347 e. The van der Waals surface area contributed by atoms with E-state index in [0.717, 1.165) is 19.3 Å². The van der Waals surface area contributed by atoms with Crippen LogP contribution in [0, 0.1) is 0 Å². The van der Waals surface area contributed by atoms with E-state index >= 15 is 0 Å². The van der Waals surface area contributed by atoms with E-state index in [4.69, 9.17) is 0 Å². The Morgan fingerprint density at radius 3 is 2.05 bits per heavy atom. The van der Waals surface area contributed by atoms with E-state index in [1.165, 1.54) is 39.5 Å². The zero-order valence-corrected chi connectivity index (χ0v) is 25.2. The monoisotopic (exact) mass is 539 g/mol. The molecule has 2 nitrogen and oxygen atoms in total. The molecule has 2 aliphatic heterocycles. The summed E-state index contributed by atoms with van der Waals surface area (Å²) < 4.78 is 2.35. The summed E-state index contributed by atoms with van der Waals surface area (Å²) in [7, 11) is 4.37. The second kappa shape index (κ2) is 12.1. The van der Waals surface area contributed by atoms with E-state index in [-0.39, 0.29) is 10.8 Å². The summed E-state index contributed by atoms with van der Waals surface area (Å²) in [5.41, 5.74) is 9.44. The van der Waals surface area contributed by atoms with Gasteiger partial charge in [-0.15, -0.1) is 0 Å². The number of rotatable bonds is 9. The number of hydrogen-bond donors (Lipinski definition) is 0. The van der Waals surface area contributed by atoms with Gasteiger partial charge in [-0.1, -0.05) is 123 Å². The van der Waals surface area contributed by atoms with Crippen LogP contribution >= 0.6 is 0 Å². The Hall–Kier alpha value is -4.17. The van der Waals surface area contributed by atoms with E-state index in [1.54, 1.807) is 0 Å². The number of anilines is 1. The van der Waals surface area contributed by atoms with Crippen LogP contribution in [0.25, 0.3) is 0 Å². The minimum absolute atomic E-state index is 0.0541. The number of nitrogens with zero attached hydrogens (tertiary/aromatic N) is 2. The van der Waals surface area contributed by atoms with Crippen LogP contribution in [0.4, 0.5) is 11.4 Å². The maximum absolute atomic E-state index is 2.38. The van der Waals surface area contributed by atoms with Crippen molar-refractivity contribution in [2.75, 3.05) is 19.0 Å². The lowest BCUT2D eigenvalue weighted by molar-refractivity contribution is -0.401. The molecule has 3 aromatic carbocycles. The molecule has 0 fully saturated rings. The lowest BCUT2D eigenvalue weighted by Gasteiger charge is -2.28. The molecule has 0 radical (unpaired) electrons. The third kappa shape index (κ3) is 5.44. The van der Waals surface area contributed by atoms with E-state index in [2.05, 4.69) is 178 Å². The molecule has 2 aliphatic rings. The fraction of sp³-hybridized carbons (Fsp3) is 0.256. The number of fused-ring (bicyclic) bond motifs is 2. The van der Waals surface area contributed by atoms with Gasteiger partial charge in [0, 0.05) is 41.6 Å². The number of likely N-dealkylation sites (N-methyl/N-ethyl adjacent to an activating group) is 1. The molecule has 0 bridgehead atoms. The van der Waals surface area contributed by atoms with Crippen molar-refractivity contribution in [2.24, 2.45) is 0 Å². The van der Waals surface area contributed by atoms with Gasteiger partial charge in [0.05, 0.1) is 5.41 Å². The third-order valence-corrected chi connectivity index (χ3v) is 8.90. The molecule has 0 spiro atoms. The van der Waals surface area contributed by atoms with Crippen LogP contribution in [-0.2, 0) is 17.3 Å². The summed E-state index contributed by atoms with van der Waals surface area (Å²) in [5.74, 6) is 0. The van der Waals surface area contributed by atoms with Crippen molar-refractivity contribution < 1.29 is 4.58 Å². The zero-order valence-electron chi connectivity index (χ0n) is 25.2. The molecule has 0 saturated carbocycles. The molecule has 2 atom stereocenters.